The quantitative estimate of drug-likeness (QED) is 0.371. The van der Waals surface area contributed by atoms with Gasteiger partial charge in [-0.1, -0.05) is 41.7 Å². The standard InChI is InChI=1S/C12H9N3OS2/c1-17-12-13-7-10(11(15-12)14-8-16)18-9-5-3-2-4-6-9/h2-7H,1H3. The van der Waals surface area contributed by atoms with E-state index in [9.17, 15) is 4.79 Å². The molecular formula is C12H9N3OS2. The summed E-state index contributed by atoms with van der Waals surface area (Å²) in [5.74, 6) is 0.359. The van der Waals surface area contributed by atoms with E-state index in [0.717, 1.165) is 9.79 Å². The zero-order valence-electron chi connectivity index (χ0n) is 9.53. The van der Waals surface area contributed by atoms with Crippen molar-refractivity contribution in [2.45, 2.75) is 14.9 Å². The van der Waals surface area contributed by atoms with Gasteiger partial charge in [0.1, 0.15) is 0 Å². The smallest absolute Gasteiger partial charge is 0.230 e. The molecule has 0 aliphatic heterocycles. The Labute approximate surface area is 113 Å². The van der Waals surface area contributed by atoms with Gasteiger partial charge < -0.3 is 0 Å². The molecule has 0 N–H and O–H groups in total. The molecule has 1 heterocycles. The van der Waals surface area contributed by atoms with Gasteiger partial charge in [-0.2, -0.15) is 0 Å². The predicted molar refractivity (Wildman–Crippen MR) is 72.2 cm³/mol. The van der Waals surface area contributed by atoms with Gasteiger partial charge in [-0.05, 0) is 18.4 Å². The summed E-state index contributed by atoms with van der Waals surface area (Å²) in [4.78, 5) is 24.2. The zero-order valence-corrected chi connectivity index (χ0v) is 11.2. The lowest BCUT2D eigenvalue weighted by molar-refractivity contribution is 0.565. The van der Waals surface area contributed by atoms with Crippen LogP contribution < -0.4 is 0 Å². The summed E-state index contributed by atoms with van der Waals surface area (Å²) in [5.41, 5.74) is 0. The van der Waals surface area contributed by atoms with Crippen molar-refractivity contribution < 1.29 is 4.79 Å². The number of hydrogen-bond acceptors (Lipinski definition) is 6. The first-order chi connectivity index (χ1) is 8.83. The summed E-state index contributed by atoms with van der Waals surface area (Å²) in [6.07, 6.45) is 5.07. The second kappa shape index (κ2) is 6.35. The summed E-state index contributed by atoms with van der Waals surface area (Å²) in [5, 5.41) is 0.585. The molecule has 18 heavy (non-hydrogen) atoms. The zero-order chi connectivity index (χ0) is 12.8. The first-order valence-electron chi connectivity index (χ1n) is 5.05. The third-order valence-corrected chi connectivity index (χ3v) is 3.60. The van der Waals surface area contributed by atoms with Crippen molar-refractivity contribution in [3.63, 3.8) is 0 Å². The van der Waals surface area contributed by atoms with E-state index in [1.54, 1.807) is 6.20 Å². The van der Waals surface area contributed by atoms with Crippen LogP contribution in [0.4, 0.5) is 5.82 Å². The number of aromatic nitrogens is 2. The summed E-state index contributed by atoms with van der Waals surface area (Å²) in [6.45, 7) is 0. The molecule has 1 aromatic heterocycles. The molecule has 0 bridgehead atoms. The first kappa shape index (κ1) is 12.8. The van der Waals surface area contributed by atoms with E-state index >= 15 is 0 Å². The third-order valence-electron chi connectivity index (χ3n) is 2.02. The van der Waals surface area contributed by atoms with E-state index in [4.69, 9.17) is 0 Å². The largest absolute Gasteiger partial charge is 0.242 e. The van der Waals surface area contributed by atoms with Crippen molar-refractivity contribution in [1.82, 2.24) is 9.97 Å². The van der Waals surface area contributed by atoms with Gasteiger partial charge in [0.15, 0.2) is 11.0 Å². The highest BCUT2D eigenvalue weighted by Gasteiger charge is 2.07. The molecule has 0 saturated carbocycles. The fourth-order valence-corrected chi connectivity index (χ4v) is 2.43. The lowest BCUT2D eigenvalue weighted by atomic mass is 10.4. The summed E-state index contributed by atoms with van der Waals surface area (Å²) >= 11 is 2.87. The Morgan fingerprint density at radius 1 is 1.28 bits per heavy atom. The number of carbonyl (C=O) groups excluding carboxylic acids is 1. The van der Waals surface area contributed by atoms with Gasteiger partial charge in [-0.25, -0.2) is 14.8 Å². The van der Waals surface area contributed by atoms with Crippen LogP contribution in [0.25, 0.3) is 0 Å². The molecule has 0 aliphatic rings. The molecule has 0 atom stereocenters. The molecule has 1 aromatic carbocycles. The first-order valence-corrected chi connectivity index (χ1v) is 7.09. The Hall–Kier alpha value is -1.62. The minimum atomic E-state index is 0.359. The van der Waals surface area contributed by atoms with Crippen LogP contribution in [-0.4, -0.2) is 22.3 Å². The molecule has 2 aromatic rings. The van der Waals surface area contributed by atoms with Crippen LogP contribution >= 0.6 is 23.5 Å². The van der Waals surface area contributed by atoms with Crippen LogP contribution in [0.1, 0.15) is 0 Å². The van der Waals surface area contributed by atoms with E-state index in [2.05, 4.69) is 15.0 Å². The molecule has 0 unspecified atom stereocenters. The Kier molecular flexibility index (Phi) is 4.52. The SMILES string of the molecule is CSc1ncc(Sc2ccccc2)c(N=C=O)n1. The highest BCUT2D eigenvalue weighted by Crippen LogP contribution is 2.33. The van der Waals surface area contributed by atoms with Crippen molar-refractivity contribution in [3.8, 4) is 0 Å². The van der Waals surface area contributed by atoms with Gasteiger partial charge in [0, 0.05) is 11.1 Å². The lowest BCUT2D eigenvalue weighted by Gasteiger charge is -2.04. The summed E-state index contributed by atoms with van der Waals surface area (Å²) in [7, 11) is 0. The molecule has 2 rings (SSSR count). The van der Waals surface area contributed by atoms with E-state index in [1.165, 1.54) is 29.6 Å². The normalized spacial score (nSPS) is 9.83. The van der Waals surface area contributed by atoms with Crippen molar-refractivity contribution in [3.05, 3.63) is 36.5 Å². The second-order valence-electron chi connectivity index (χ2n) is 3.16. The van der Waals surface area contributed by atoms with Gasteiger partial charge in [-0.3, -0.25) is 0 Å². The van der Waals surface area contributed by atoms with Crippen LogP contribution in [0.2, 0.25) is 0 Å². The Morgan fingerprint density at radius 2 is 2.06 bits per heavy atom. The highest BCUT2D eigenvalue weighted by atomic mass is 32.2. The molecule has 0 saturated heterocycles. The van der Waals surface area contributed by atoms with Gasteiger partial charge in [0.2, 0.25) is 6.08 Å². The number of thioether (sulfide) groups is 1. The Morgan fingerprint density at radius 3 is 2.72 bits per heavy atom. The van der Waals surface area contributed by atoms with Gasteiger partial charge in [-0.15, -0.1) is 4.99 Å². The van der Waals surface area contributed by atoms with E-state index in [1.807, 2.05) is 36.6 Å². The number of rotatable bonds is 4. The average Bonchev–Trinajstić information content (AvgIpc) is 2.42. The number of hydrogen-bond donors (Lipinski definition) is 0. The molecule has 0 aliphatic carbocycles. The van der Waals surface area contributed by atoms with Gasteiger partial charge in [0.25, 0.3) is 0 Å². The fraction of sp³-hybridized carbons (Fsp3) is 0.0833. The third kappa shape index (κ3) is 3.20. The number of aliphatic imine (C=N–C) groups is 1. The van der Waals surface area contributed by atoms with Crippen molar-refractivity contribution >= 4 is 35.4 Å². The minimum absolute atomic E-state index is 0.359. The molecular weight excluding hydrogens is 266 g/mol. The molecule has 4 nitrogen and oxygen atoms in total. The number of nitrogens with zero attached hydrogens (tertiary/aromatic N) is 3. The Balaban J connectivity index is 2.35. The fourth-order valence-electron chi connectivity index (χ4n) is 1.26. The second-order valence-corrected chi connectivity index (χ2v) is 5.05. The summed E-state index contributed by atoms with van der Waals surface area (Å²) < 4.78 is 0. The van der Waals surface area contributed by atoms with Crippen molar-refractivity contribution in [1.29, 1.82) is 0 Å². The van der Waals surface area contributed by atoms with Crippen molar-refractivity contribution in [2.75, 3.05) is 6.26 Å². The maximum atomic E-state index is 10.4. The lowest BCUT2D eigenvalue weighted by Crippen LogP contribution is -1.87. The maximum Gasteiger partial charge on any atom is 0.242 e. The molecule has 0 amide bonds. The summed E-state index contributed by atoms with van der Waals surface area (Å²) in [6, 6.07) is 9.79. The van der Waals surface area contributed by atoms with Crippen LogP contribution in [0.3, 0.4) is 0 Å². The molecule has 0 radical (unpaired) electrons. The van der Waals surface area contributed by atoms with Crippen LogP contribution in [-0.2, 0) is 4.79 Å². The Bertz CT molecular complexity index is 583. The molecule has 0 fully saturated rings. The van der Waals surface area contributed by atoms with Gasteiger partial charge >= 0.3 is 0 Å². The minimum Gasteiger partial charge on any atom is -0.230 e. The van der Waals surface area contributed by atoms with E-state index < -0.39 is 0 Å². The maximum absolute atomic E-state index is 10.4. The van der Waals surface area contributed by atoms with E-state index in [0.29, 0.717) is 11.0 Å². The molecule has 90 valence electrons. The average molecular weight is 275 g/mol. The molecule has 0 spiro atoms. The highest BCUT2D eigenvalue weighted by molar-refractivity contribution is 7.99. The van der Waals surface area contributed by atoms with E-state index in [-0.39, 0.29) is 0 Å². The topological polar surface area (TPSA) is 55.2 Å². The van der Waals surface area contributed by atoms with Crippen LogP contribution in [0.15, 0.2) is 56.5 Å². The monoisotopic (exact) mass is 275 g/mol. The van der Waals surface area contributed by atoms with Crippen LogP contribution in [0.5, 0.6) is 0 Å². The van der Waals surface area contributed by atoms with Crippen molar-refractivity contribution in [2.24, 2.45) is 4.99 Å². The van der Waals surface area contributed by atoms with Crippen LogP contribution in [0, 0.1) is 0 Å². The van der Waals surface area contributed by atoms with Gasteiger partial charge in [0.05, 0.1) is 4.90 Å². The number of benzene rings is 1. The molecule has 6 heteroatoms. The number of isocyanates is 1. The predicted octanol–water partition coefficient (Wildman–Crippen LogP) is 3.32.